The van der Waals surface area contributed by atoms with Crippen LogP contribution >= 0.6 is 0 Å². The third-order valence-electron chi connectivity index (χ3n) is 4.59. The van der Waals surface area contributed by atoms with Crippen LogP contribution in [0.3, 0.4) is 0 Å². The number of aromatic nitrogens is 2. The topological polar surface area (TPSA) is 58.4 Å². The zero-order valence-corrected chi connectivity index (χ0v) is 12.7. The van der Waals surface area contributed by atoms with E-state index in [4.69, 9.17) is 5.11 Å². The fourth-order valence-electron chi connectivity index (χ4n) is 3.11. The molecule has 0 unspecified atom stereocenters. The number of fused-ring (bicyclic) bond motifs is 1. The highest BCUT2D eigenvalue weighted by molar-refractivity contribution is 5.87. The van der Waals surface area contributed by atoms with Gasteiger partial charge in [-0.1, -0.05) is 6.07 Å². The highest BCUT2D eigenvalue weighted by atomic mass is 19.1. The smallest absolute Gasteiger partial charge is 0.335 e. The Bertz CT molecular complexity index is 767. The first-order valence-corrected chi connectivity index (χ1v) is 7.91. The number of hydrogen-bond donors (Lipinski definition) is 1. The van der Waals surface area contributed by atoms with E-state index in [2.05, 4.69) is 20.7 Å². The third kappa shape index (κ3) is 2.86. The molecule has 0 atom stereocenters. The number of carbonyl (C=O) groups is 1. The third-order valence-corrected chi connectivity index (χ3v) is 4.59. The lowest BCUT2D eigenvalue weighted by molar-refractivity contribution is 0.0696. The Labute approximate surface area is 133 Å². The summed E-state index contributed by atoms with van der Waals surface area (Å²) in [5.41, 5.74) is 2.89. The van der Waals surface area contributed by atoms with Gasteiger partial charge in [-0.15, -0.1) is 0 Å². The van der Waals surface area contributed by atoms with Crippen molar-refractivity contribution in [2.24, 2.45) is 0 Å². The van der Waals surface area contributed by atoms with Crippen molar-refractivity contribution in [3.8, 4) is 0 Å². The Hall–Kier alpha value is -2.21. The van der Waals surface area contributed by atoms with E-state index in [1.54, 1.807) is 6.07 Å². The number of carboxylic acid groups (broad SMARTS) is 1. The van der Waals surface area contributed by atoms with Crippen molar-refractivity contribution in [2.45, 2.75) is 38.4 Å². The highest BCUT2D eigenvalue weighted by Gasteiger charge is 2.28. The van der Waals surface area contributed by atoms with Crippen LogP contribution < -0.4 is 0 Å². The van der Waals surface area contributed by atoms with E-state index < -0.39 is 11.8 Å². The molecule has 1 aliphatic heterocycles. The fraction of sp³-hybridized carbons (Fsp3) is 0.412. The number of nitrogens with zero attached hydrogens (tertiary/aromatic N) is 3. The number of benzene rings is 1. The summed E-state index contributed by atoms with van der Waals surface area (Å²) in [6.07, 6.45) is 2.47. The first kappa shape index (κ1) is 14.4. The van der Waals surface area contributed by atoms with Crippen molar-refractivity contribution >= 4 is 5.97 Å². The van der Waals surface area contributed by atoms with E-state index in [9.17, 15) is 9.18 Å². The van der Waals surface area contributed by atoms with Crippen LogP contribution in [-0.4, -0.2) is 32.3 Å². The molecule has 2 aromatic rings. The van der Waals surface area contributed by atoms with Crippen LogP contribution in [0.2, 0.25) is 0 Å². The van der Waals surface area contributed by atoms with Crippen LogP contribution in [0.25, 0.3) is 0 Å². The number of rotatable bonds is 4. The van der Waals surface area contributed by atoms with Crippen molar-refractivity contribution in [3.05, 3.63) is 52.6 Å². The molecule has 2 aliphatic rings. The zero-order valence-electron chi connectivity index (χ0n) is 12.7. The molecule has 0 spiro atoms. The summed E-state index contributed by atoms with van der Waals surface area (Å²) in [5, 5.41) is 13.5. The molecule has 0 bridgehead atoms. The molecule has 6 heteroatoms. The van der Waals surface area contributed by atoms with E-state index in [0.29, 0.717) is 18.0 Å². The van der Waals surface area contributed by atoms with Gasteiger partial charge in [0.05, 0.1) is 23.5 Å². The lowest BCUT2D eigenvalue weighted by atomic mass is 10.1. The average molecular weight is 315 g/mol. The first-order chi connectivity index (χ1) is 11.1. The van der Waals surface area contributed by atoms with Gasteiger partial charge in [-0.25, -0.2) is 9.18 Å². The van der Waals surface area contributed by atoms with Gasteiger partial charge in [-0.05, 0) is 31.0 Å². The quantitative estimate of drug-likeness (QED) is 0.942. The lowest BCUT2D eigenvalue weighted by Gasteiger charge is -2.27. The van der Waals surface area contributed by atoms with Crippen LogP contribution in [0.5, 0.6) is 0 Å². The minimum atomic E-state index is -1.11. The molecule has 1 aliphatic carbocycles. The molecule has 2 heterocycles. The molecule has 0 saturated heterocycles. The second-order valence-corrected chi connectivity index (χ2v) is 6.38. The Kier molecular flexibility index (Phi) is 3.41. The van der Waals surface area contributed by atoms with Gasteiger partial charge in [0, 0.05) is 31.1 Å². The second-order valence-electron chi connectivity index (χ2n) is 6.38. The second kappa shape index (κ2) is 5.45. The van der Waals surface area contributed by atoms with Gasteiger partial charge in [0.15, 0.2) is 0 Å². The summed E-state index contributed by atoms with van der Waals surface area (Å²) >= 11 is 0. The monoisotopic (exact) mass is 315 g/mol. The summed E-state index contributed by atoms with van der Waals surface area (Å²) in [5.74, 6) is -0.921. The summed E-state index contributed by atoms with van der Waals surface area (Å²) in [6, 6.07) is 6.30. The molecule has 5 nitrogen and oxygen atoms in total. The van der Waals surface area contributed by atoms with E-state index in [0.717, 1.165) is 25.7 Å². The highest BCUT2D eigenvalue weighted by Crippen LogP contribution is 2.39. The summed E-state index contributed by atoms with van der Waals surface area (Å²) < 4.78 is 16.1. The van der Waals surface area contributed by atoms with Crippen molar-refractivity contribution < 1.29 is 14.3 Å². The summed E-state index contributed by atoms with van der Waals surface area (Å²) in [6.45, 7) is 2.87. The molecule has 1 fully saturated rings. The SMILES string of the molecule is O=C(O)c1ccc(CN2CCn3nc(C4CC4)cc3C2)c(F)c1. The maximum absolute atomic E-state index is 14.1. The Balaban J connectivity index is 1.48. The Morgan fingerprint density at radius 3 is 2.83 bits per heavy atom. The standard InChI is InChI=1S/C17H18FN3O2/c18-15-7-12(17(22)23)3-4-13(15)9-20-5-6-21-14(10-20)8-16(19-21)11-1-2-11/h3-4,7-8,11H,1-2,5-6,9-10H2,(H,22,23). The van der Waals surface area contributed by atoms with E-state index >= 15 is 0 Å². The molecular formula is C17H18FN3O2. The van der Waals surface area contributed by atoms with Crippen molar-refractivity contribution in [3.63, 3.8) is 0 Å². The van der Waals surface area contributed by atoms with Gasteiger partial charge in [-0.3, -0.25) is 9.58 Å². The van der Waals surface area contributed by atoms with Gasteiger partial charge in [-0.2, -0.15) is 5.10 Å². The van der Waals surface area contributed by atoms with Crippen molar-refractivity contribution in [1.82, 2.24) is 14.7 Å². The molecule has 1 N–H and O–H groups in total. The molecule has 0 radical (unpaired) electrons. The van der Waals surface area contributed by atoms with Gasteiger partial charge in [0.1, 0.15) is 5.82 Å². The first-order valence-electron chi connectivity index (χ1n) is 7.91. The van der Waals surface area contributed by atoms with Gasteiger partial charge < -0.3 is 5.11 Å². The molecule has 1 aromatic heterocycles. The molecule has 0 amide bonds. The molecule has 4 rings (SSSR count). The predicted octanol–water partition coefficient (Wildman–Crippen LogP) is 2.61. The van der Waals surface area contributed by atoms with Crippen LogP contribution in [0.1, 0.15) is 46.1 Å². The van der Waals surface area contributed by atoms with Gasteiger partial charge in [0.2, 0.25) is 0 Å². The zero-order chi connectivity index (χ0) is 16.0. The maximum atomic E-state index is 14.1. The number of hydrogen-bond acceptors (Lipinski definition) is 3. The van der Waals surface area contributed by atoms with Crippen molar-refractivity contribution in [1.29, 1.82) is 0 Å². The minimum Gasteiger partial charge on any atom is -0.478 e. The number of halogens is 1. The van der Waals surface area contributed by atoms with Crippen LogP contribution in [-0.2, 0) is 19.6 Å². The van der Waals surface area contributed by atoms with E-state index in [1.807, 2.05) is 0 Å². The Morgan fingerprint density at radius 1 is 1.30 bits per heavy atom. The number of aromatic carboxylic acids is 1. The molecule has 1 saturated carbocycles. The van der Waals surface area contributed by atoms with Crippen LogP contribution in [0, 0.1) is 5.82 Å². The average Bonchev–Trinajstić information content (AvgIpc) is 3.29. The fourth-order valence-corrected chi connectivity index (χ4v) is 3.11. The van der Waals surface area contributed by atoms with Crippen LogP contribution in [0.15, 0.2) is 24.3 Å². The van der Waals surface area contributed by atoms with Crippen LogP contribution in [0.4, 0.5) is 4.39 Å². The Morgan fingerprint density at radius 2 is 2.13 bits per heavy atom. The number of carboxylic acids is 1. The maximum Gasteiger partial charge on any atom is 0.335 e. The largest absolute Gasteiger partial charge is 0.478 e. The predicted molar refractivity (Wildman–Crippen MR) is 81.7 cm³/mol. The molecule has 120 valence electrons. The lowest BCUT2D eigenvalue weighted by Crippen LogP contribution is -2.33. The molecule has 23 heavy (non-hydrogen) atoms. The van der Waals surface area contributed by atoms with E-state index in [1.165, 1.54) is 30.3 Å². The molecule has 1 aromatic carbocycles. The normalized spacial score (nSPS) is 18.0. The van der Waals surface area contributed by atoms with Gasteiger partial charge >= 0.3 is 5.97 Å². The van der Waals surface area contributed by atoms with Crippen molar-refractivity contribution in [2.75, 3.05) is 6.54 Å². The van der Waals surface area contributed by atoms with Gasteiger partial charge in [0.25, 0.3) is 0 Å². The summed E-state index contributed by atoms with van der Waals surface area (Å²) in [4.78, 5) is 13.0. The summed E-state index contributed by atoms with van der Waals surface area (Å²) in [7, 11) is 0. The van der Waals surface area contributed by atoms with E-state index in [-0.39, 0.29) is 5.56 Å². The molecular weight excluding hydrogens is 297 g/mol. The minimum absolute atomic E-state index is 0.0166.